The Balaban J connectivity index is 1.52. The molecule has 1 heterocycles. The molecule has 0 spiro atoms. The van der Waals surface area contributed by atoms with Gasteiger partial charge in [0.2, 0.25) is 0 Å². The van der Waals surface area contributed by atoms with Gasteiger partial charge in [0.05, 0.1) is 12.8 Å². The second kappa shape index (κ2) is 10.1. The number of piperazine rings is 1. The smallest absolute Gasteiger partial charge is 0.193 e. The van der Waals surface area contributed by atoms with Crippen molar-refractivity contribution >= 4 is 11.6 Å². The Bertz CT molecular complexity index is 765. The van der Waals surface area contributed by atoms with Gasteiger partial charge in [-0.25, -0.2) is 0 Å². The molecule has 3 rings (SSSR count). The average molecular weight is 382 g/mol. The van der Waals surface area contributed by atoms with Crippen molar-refractivity contribution in [1.29, 1.82) is 0 Å². The maximum Gasteiger partial charge on any atom is 0.193 e. The summed E-state index contributed by atoms with van der Waals surface area (Å²) in [5, 5.41) is 3.12. The minimum Gasteiger partial charge on any atom is -0.495 e. The van der Waals surface area contributed by atoms with Crippen LogP contribution in [0.4, 0.5) is 5.69 Å². The fraction of sp³-hybridized carbons (Fsp3) is 0.409. The van der Waals surface area contributed by atoms with Crippen molar-refractivity contribution in [3.63, 3.8) is 0 Å². The van der Waals surface area contributed by atoms with Crippen LogP contribution in [0.1, 0.15) is 18.0 Å². The molecule has 2 aromatic carbocycles. The minimum absolute atomic E-state index is 0.419. The summed E-state index contributed by atoms with van der Waals surface area (Å²) in [6.45, 7) is 4.95. The average Bonchev–Trinajstić information content (AvgIpc) is 2.73. The lowest BCUT2D eigenvalue weighted by Gasteiger charge is -2.40. The number of guanidine groups is 1. The number of aliphatic imine (C=N–C) groups is 1. The zero-order valence-corrected chi connectivity index (χ0v) is 16.8. The van der Waals surface area contributed by atoms with E-state index in [0.717, 1.165) is 44.0 Å². The summed E-state index contributed by atoms with van der Waals surface area (Å²) in [7, 11) is 3.84. The van der Waals surface area contributed by atoms with Gasteiger partial charge in [-0.05, 0) is 31.2 Å². The van der Waals surface area contributed by atoms with Gasteiger partial charge in [0.15, 0.2) is 5.96 Å². The van der Waals surface area contributed by atoms with Gasteiger partial charge in [0.1, 0.15) is 5.75 Å². The summed E-state index contributed by atoms with van der Waals surface area (Å²) in [4.78, 5) is 9.45. The van der Waals surface area contributed by atoms with E-state index in [1.165, 1.54) is 5.56 Å². The van der Waals surface area contributed by atoms with Gasteiger partial charge in [-0.3, -0.25) is 9.89 Å². The van der Waals surface area contributed by atoms with E-state index >= 15 is 0 Å². The first-order chi connectivity index (χ1) is 13.7. The summed E-state index contributed by atoms with van der Waals surface area (Å²) in [6.07, 6.45) is 0.974. The molecule has 2 aromatic rings. The van der Waals surface area contributed by atoms with Crippen LogP contribution in [0, 0.1) is 0 Å². The molecule has 0 saturated carbocycles. The van der Waals surface area contributed by atoms with Gasteiger partial charge in [0, 0.05) is 38.8 Å². The third kappa shape index (κ3) is 5.47. The molecule has 0 bridgehead atoms. The van der Waals surface area contributed by atoms with Crippen LogP contribution < -0.4 is 15.8 Å². The Labute approximate surface area is 168 Å². The van der Waals surface area contributed by atoms with Gasteiger partial charge in [-0.15, -0.1) is 0 Å². The fourth-order valence-corrected chi connectivity index (χ4v) is 3.61. The molecule has 28 heavy (non-hydrogen) atoms. The zero-order chi connectivity index (χ0) is 19.8. The van der Waals surface area contributed by atoms with E-state index in [0.29, 0.717) is 18.5 Å². The number of anilines is 1. The fourth-order valence-electron chi connectivity index (χ4n) is 3.61. The Hall–Kier alpha value is -2.57. The van der Waals surface area contributed by atoms with Gasteiger partial charge in [-0.2, -0.15) is 0 Å². The van der Waals surface area contributed by atoms with E-state index in [-0.39, 0.29) is 0 Å². The lowest BCUT2D eigenvalue weighted by Crippen LogP contribution is -2.47. The summed E-state index contributed by atoms with van der Waals surface area (Å²) in [5.41, 5.74) is 8.26. The summed E-state index contributed by atoms with van der Waals surface area (Å²) in [6, 6.07) is 18.9. The van der Waals surface area contributed by atoms with Crippen LogP contribution >= 0.6 is 0 Å². The highest BCUT2D eigenvalue weighted by atomic mass is 16.5. The lowest BCUT2D eigenvalue weighted by atomic mass is 10.0. The van der Waals surface area contributed by atoms with Gasteiger partial charge >= 0.3 is 0 Å². The molecule has 6 nitrogen and oxygen atoms in total. The van der Waals surface area contributed by atoms with Crippen molar-refractivity contribution in [2.24, 2.45) is 10.7 Å². The highest BCUT2D eigenvalue weighted by Crippen LogP contribution is 2.25. The number of nitrogens with zero attached hydrogens (tertiary/aromatic N) is 3. The monoisotopic (exact) mass is 381 g/mol. The molecule has 6 heteroatoms. The number of benzene rings is 2. The zero-order valence-electron chi connectivity index (χ0n) is 16.8. The van der Waals surface area contributed by atoms with Gasteiger partial charge < -0.3 is 20.7 Å². The van der Waals surface area contributed by atoms with Gasteiger partial charge in [-0.1, -0.05) is 42.5 Å². The molecule has 1 atom stereocenters. The quantitative estimate of drug-likeness (QED) is 0.439. The molecule has 0 aliphatic carbocycles. The molecule has 1 aliphatic rings. The molecule has 150 valence electrons. The second-order valence-corrected chi connectivity index (χ2v) is 7.17. The van der Waals surface area contributed by atoms with Crippen LogP contribution in [0.25, 0.3) is 0 Å². The first-order valence-electron chi connectivity index (χ1n) is 9.85. The highest BCUT2D eigenvalue weighted by Gasteiger charge is 2.25. The number of ether oxygens (including phenoxy) is 1. The molecule has 1 aliphatic heterocycles. The largest absolute Gasteiger partial charge is 0.495 e. The SMILES string of the molecule is COc1ccccc1NC(N)=NCCCN1CCN(C)CC1c1ccccc1. The van der Waals surface area contributed by atoms with Crippen molar-refractivity contribution in [3.8, 4) is 5.75 Å². The van der Waals surface area contributed by atoms with Crippen molar-refractivity contribution < 1.29 is 4.74 Å². The number of methoxy groups -OCH3 is 1. The summed E-state index contributed by atoms with van der Waals surface area (Å²) < 4.78 is 5.33. The van der Waals surface area contributed by atoms with E-state index < -0.39 is 0 Å². The van der Waals surface area contributed by atoms with Crippen LogP contribution in [0.2, 0.25) is 0 Å². The minimum atomic E-state index is 0.419. The number of hydrogen-bond donors (Lipinski definition) is 2. The molecule has 0 amide bonds. The van der Waals surface area contributed by atoms with Gasteiger partial charge in [0.25, 0.3) is 0 Å². The lowest BCUT2D eigenvalue weighted by molar-refractivity contribution is 0.0894. The Kier molecular flexibility index (Phi) is 7.28. The molecular formula is C22H31N5O. The predicted molar refractivity (Wildman–Crippen MR) is 116 cm³/mol. The number of nitrogens with two attached hydrogens (primary N) is 1. The number of nitrogens with one attached hydrogen (secondary N) is 1. The number of likely N-dealkylation sites (N-methyl/N-ethyl adjacent to an activating group) is 1. The topological polar surface area (TPSA) is 66.1 Å². The Morgan fingerprint density at radius 2 is 1.89 bits per heavy atom. The number of rotatable bonds is 7. The maximum absolute atomic E-state index is 6.05. The third-order valence-electron chi connectivity index (χ3n) is 5.13. The van der Waals surface area contributed by atoms with E-state index in [2.05, 4.69) is 57.5 Å². The normalized spacial score (nSPS) is 18.8. The Morgan fingerprint density at radius 3 is 2.68 bits per heavy atom. The first-order valence-corrected chi connectivity index (χ1v) is 9.85. The molecular weight excluding hydrogens is 350 g/mol. The molecule has 0 aromatic heterocycles. The van der Waals surface area contributed by atoms with Crippen molar-refractivity contribution in [1.82, 2.24) is 9.80 Å². The van der Waals surface area contributed by atoms with E-state index in [9.17, 15) is 0 Å². The van der Waals surface area contributed by atoms with E-state index in [4.69, 9.17) is 10.5 Å². The molecule has 0 radical (unpaired) electrons. The number of para-hydroxylation sites is 2. The molecule has 1 unspecified atom stereocenters. The van der Waals surface area contributed by atoms with Crippen LogP contribution in [-0.2, 0) is 0 Å². The molecule has 1 fully saturated rings. The van der Waals surface area contributed by atoms with Crippen LogP contribution in [0.3, 0.4) is 0 Å². The van der Waals surface area contributed by atoms with Crippen molar-refractivity contribution in [3.05, 3.63) is 60.2 Å². The number of hydrogen-bond acceptors (Lipinski definition) is 4. The van der Waals surface area contributed by atoms with Crippen LogP contribution in [0.5, 0.6) is 5.75 Å². The predicted octanol–water partition coefficient (Wildman–Crippen LogP) is 2.80. The van der Waals surface area contributed by atoms with Crippen LogP contribution in [-0.4, -0.2) is 62.6 Å². The molecule has 1 saturated heterocycles. The van der Waals surface area contributed by atoms with Crippen molar-refractivity contribution in [2.75, 3.05) is 52.2 Å². The Morgan fingerprint density at radius 1 is 1.14 bits per heavy atom. The molecule has 3 N–H and O–H groups in total. The standard InChI is InChI=1S/C22H31N5O/c1-26-15-16-27(20(17-26)18-9-4-3-5-10-18)14-8-13-24-22(23)25-19-11-6-7-12-21(19)28-2/h3-7,9-12,20H,8,13-17H2,1-2H3,(H3,23,24,25). The summed E-state index contributed by atoms with van der Waals surface area (Å²) >= 11 is 0. The highest BCUT2D eigenvalue weighted by molar-refractivity contribution is 5.93. The third-order valence-corrected chi connectivity index (χ3v) is 5.13. The first kappa shape index (κ1) is 20.2. The maximum atomic E-state index is 6.05. The summed E-state index contributed by atoms with van der Waals surface area (Å²) in [5.74, 6) is 1.17. The van der Waals surface area contributed by atoms with E-state index in [1.807, 2.05) is 24.3 Å². The van der Waals surface area contributed by atoms with Crippen LogP contribution in [0.15, 0.2) is 59.6 Å². The van der Waals surface area contributed by atoms with Crippen molar-refractivity contribution in [2.45, 2.75) is 12.5 Å². The second-order valence-electron chi connectivity index (χ2n) is 7.17. The van der Waals surface area contributed by atoms with E-state index in [1.54, 1.807) is 7.11 Å².